The quantitative estimate of drug-likeness (QED) is 0.466. The highest BCUT2D eigenvalue weighted by Gasteiger charge is 2.53. The molecule has 0 heterocycles. The van der Waals surface area contributed by atoms with Gasteiger partial charge in [0.05, 0.1) is 5.60 Å². The Morgan fingerprint density at radius 3 is 2.50 bits per heavy atom. The molecule has 4 rings (SSSR count). The molecule has 0 aromatic rings. The van der Waals surface area contributed by atoms with E-state index in [0.717, 1.165) is 19.3 Å². The van der Waals surface area contributed by atoms with Crippen LogP contribution in [0.4, 0.5) is 0 Å². The standard InChI is InChI=1S/C11H17N3OS/c12-10(16)14-13-9-7-1-6-2-8(9)5-11(15,3-6)4-7/h6-8,15H,1-5H2,(H3,12,14,16)/t6?,7-,8-,11?/m1/s1. The van der Waals surface area contributed by atoms with Gasteiger partial charge < -0.3 is 10.8 Å². The summed E-state index contributed by atoms with van der Waals surface area (Å²) in [6, 6.07) is 0. The lowest BCUT2D eigenvalue weighted by atomic mass is 9.53. The Bertz CT molecular complexity index is 350. The van der Waals surface area contributed by atoms with E-state index in [-0.39, 0.29) is 5.11 Å². The van der Waals surface area contributed by atoms with Crippen molar-refractivity contribution in [3.63, 3.8) is 0 Å². The lowest BCUT2D eigenvalue weighted by molar-refractivity contribution is -0.0825. The molecular formula is C11H17N3OS. The average molecular weight is 239 g/mol. The molecule has 4 nitrogen and oxygen atoms in total. The first-order valence-electron chi connectivity index (χ1n) is 5.91. The van der Waals surface area contributed by atoms with Crippen LogP contribution in [0.15, 0.2) is 5.10 Å². The molecule has 4 saturated carbocycles. The average Bonchev–Trinajstić information content (AvgIpc) is 2.13. The van der Waals surface area contributed by atoms with Crippen LogP contribution in [0, 0.1) is 17.8 Å². The maximum Gasteiger partial charge on any atom is 0.184 e. The van der Waals surface area contributed by atoms with Crippen molar-refractivity contribution < 1.29 is 5.11 Å². The van der Waals surface area contributed by atoms with Gasteiger partial charge in [0.1, 0.15) is 0 Å². The molecule has 0 amide bonds. The van der Waals surface area contributed by atoms with Crippen LogP contribution in [0.1, 0.15) is 32.1 Å². The van der Waals surface area contributed by atoms with Crippen molar-refractivity contribution >= 4 is 23.0 Å². The minimum Gasteiger partial charge on any atom is -0.390 e. The Hall–Kier alpha value is -0.680. The molecule has 0 aromatic carbocycles. The van der Waals surface area contributed by atoms with E-state index in [9.17, 15) is 5.11 Å². The van der Waals surface area contributed by atoms with E-state index in [1.807, 2.05) is 0 Å². The van der Waals surface area contributed by atoms with Gasteiger partial charge in [0.2, 0.25) is 0 Å². The second kappa shape index (κ2) is 3.40. The summed E-state index contributed by atoms with van der Waals surface area (Å²) in [5, 5.41) is 14.9. The van der Waals surface area contributed by atoms with Gasteiger partial charge in [0, 0.05) is 17.5 Å². The summed E-state index contributed by atoms with van der Waals surface area (Å²) in [7, 11) is 0. The summed E-state index contributed by atoms with van der Waals surface area (Å²) >= 11 is 4.76. The monoisotopic (exact) mass is 239 g/mol. The summed E-state index contributed by atoms with van der Waals surface area (Å²) in [6.45, 7) is 0. The lowest BCUT2D eigenvalue weighted by Crippen LogP contribution is -2.55. The van der Waals surface area contributed by atoms with E-state index in [4.69, 9.17) is 18.0 Å². The van der Waals surface area contributed by atoms with Crippen molar-refractivity contribution in [2.24, 2.45) is 28.6 Å². The predicted molar refractivity (Wildman–Crippen MR) is 65.9 cm³/mol. The zero-order chi connectivity index (χ0) is 11.3. The molecular weight excluding hydrogens is 222 g/mol. The van der Waals surface area contributed by atoms with E-state index in [0.29, 0.717) is 17.8 Å². The molecule has 0 aliphatic heterocycles. The Morgan fingerprint density at radius 2 is 2.00 bits per heavy atom. The molecule has 0 spiro atoms. The van der Waals surface area contributed by atoms with Gasteiger partial charge in [-0.15, -0.1) is 0 Å². The Morgan fingerprint density at radius 1 is 1.38 bits per heavy atom. The van der Waals surface area contributed by atoms with E-state index < -0.39 is 5.60 Å². The smallest absolute Gasteiger partial charge is 0.184 e. The van der Waals surface area contributed by atoms with Crippen LogP contribution in [0.25, 0.3) is 0 Å². The fraction of sp³-hybridized carbons (Fsp3) is 0.818. The normalized spacial score (nSPS) is 44.6. The van der Waals surface area contributed by atoms with Crippen LogP contribution in [0.5, 0.6) is 0 Å². The summed E-state index contributed by atoms with van der Waals surface area (Å²) in [5.41, 5.74) is 8.87. The Labute approximate surface area is 100 Å². The number of nitrogens with two attached hydrogens (primary N) is 1. The topological polar surface area (TPSA) is 70.6 Å². The van der Waals surface area contributed by atoms with Crippen molar-refractivity contribution in [1.82, 2.24) is 5.43 Å². The molecule has 0 saturated heterocycles. The van der Waals surface area contributed by atoms with Crippen LogP contribution < -0.4 is 11.2 Å². The molecule has 16 heavy (non-hydrogen) atoms. The second-order valence-electron chi connectivity index (χ2n) is 5.58. The van der Waals surface area contributed by atoms with E-state index in [2.05, 4.69) is 10.5 Å². The summed E-state index contributed by atoms with van der Waals surface area (Å²) in [5.74, 6) is 1.59. The number of aliphatic hydroxyl groups is 1. The maximum absolute atomic E-state index is 10.4. The van der Waals surface area contributed by atoms with Crippen LogP contribution >= 0.6 is 12.2 Å². The van der Waals surface area contributed by atoms with Gasteiger partial charge in [-0.25, -0.2) is 0 Å². The number of nitrogens with one attached hydrogen (secondary N) is 1. The van der Waals surface area contributed by atoms with E-state index in [1.165, 1.54) is 18.6 Å². The minimum atomic E-state index is -0.404. The minimum absolute atomic E-state index is 0.222. The molecule has 4 aliphatic rings. The van der Waals surface area contributed by atoms with Gasteiger partial charge in [0.25, 0.3) is 0 Å². The van der Waals surface area contributed by atoms with Crippen LogP contribution in [0.2, 0.25) is 0 Å². The van der Waals surface area contributed by atoms with Crippen molar-refractivity contribution in [1.29, 1.82) is 0 Å². The maximum atomic E-state index is 10.4. The van der Waals surface area contributed by atoms with Crippen molar-refractivity contribution in [3.05, 3.63) is 0 Å². The number of hydrogen-bond donors (Lipinski definition) is 3. The number of thiocarbonyl (C=S) groups is 1. The van der Waals surface area contributed by atoms with Gasteiger partial charge in [-0.2, -0.15) is 5.10 Å². The molecule has 88 valence electrons. The van der Waals surface area contributed by atoms with Gasteiger partial charge in [-0.3, -0.25) is 5.43 Å². The predicted octanol–water partition coefficient (Wildman–Crippen LogP) is 0.747. The first-order valence-corrected chi connectivity index (χ1v) is 6.32. The Balaban J connectivity index is 1.83. The summed E-state index contributed by atoms with van der Waals surface area (Å²) < 4.78 is 0. The second-order valence-corrected chi connectivity index (χ2v) is 6.02. The fourth-order valence-corrected chi connectivity index (χ4v) is 4.07. The number of hydrazone groups is 1. The lowest BCUT2D eigenvalue weighted by Gasteiger charge is -2.54. The first kappa shape index (κ1) is 10.5. The van der Waals surface area contributed by atoms with Gasteiger partial charge in [0.15, 0.2) is 5.11 Å². The molecule has 4 aliphatic carbocycles. The molecule has 5 heteroatoms. The first-order chi connectivity index (χ1) is 7.56. The zero-order valence-corrected chi connectivity index (χ0v) is 9.96. The van der Waals surface area contributed by atoms with Gasteiger partial charge in [-0.05, 0) is 50.2 Å². The molecule has 2 atom stereocenters. The van der Waals surface area contributed by atoms with E-state index in [1.54, 1.807) is 0 Å². The van der Waals surface area contributed by atoms with E-state index >= 15 is 0 Å². The molecule has 4 N–H and O–H groups in total. The fourth-order valence-electron chi connectivity index (χ4n) is 4.03. The highest BCUT2D eigenvalue weighted by molar-refractivity contribution is 7.80. The molecule has 0 unspecified atom stereocenters. The number of rotatable bonds is 1. The third-order valence-electron chi connectivity index (χ3n) is 4.29. The SMILES string of the molecule is NC(=S)NN=C1[C@@H]2CC3C[C@@H]1CC(O)(C3)C2. The molecule has 4 fully saturated rings. The third-order valence-corrected chi connectivity index (χ3v) is 4.38. The van der Waals surface area contributed by atoms with Crippen LogP contribution in [-0.2, 0) is 0 Å². The number of nitrogens with zero attached hydrogens (tertiary/aromatic N) is 1. The van der Waals surface area contributed by atoms with Crippen molar-refractivity contribution in [2.75, 3.05) is 0 Å². The zero-order valence-electron chi connectivity index (χ0n) is 9.15. The van der Waals surface area contributed by atoms with Gasteiger partial charge >= 0.3 is 0 Å². The molecule has 0 aromatic heterocycles. The van der Waals surface area contributed by atoms with Crippen molar-refractivity contribution in [3.8, 4) is 0 Å². The van der Waals surface area contributed by atoms with Crippen LogP contribution in [-0.4, -0.2) is 21.5 Å². The molecule has 0 radical (unpaired) electrons. The highest BCUT2D eigenvalue weighted by Crippen LogP contribution is 2.54. The number of hydrogen-bond acceptors (Lipinski definition) is 3. The summed E-state index contributed by atoms with van der Waals surface area (Å²) in [6.07, 6.45) is 5.10. The van der Waals surface area contributed by atoms with Crippen LogP contribution in [0.3, 0.4) is 0 Å². The third kappa shape index (κ3) is 1.62. The summed E-state index contributed by atoms with van der Waals surface area (Å²) in [4.78, 5) is 0. The largest absolute Gasteiger partial charge is 0.390 e. The molecule has 4 bridgehead atoms. The van der Waals surface area contributed by atoms with Gasteiger partial charge in [-0.1, -0.05) is 0 Å². The highest BCUT2D eigenvalue weighted by atomic mass is 32.1. The van der Waals surface area contributed by atoms with Crippen molar-refractivity contribution in [2.45, 2.75) is 37.7 Å². The Kier molecular flexibility index (Phi) is 2.23.